The number of hydrogen-bond acceptors (Lipinski definition) is 4. The van der Waals surface area contributed by atoms with Gasteiger partial charge in [0, 0.05) is 5.54 Å². The Bertz CT molecular complexity index is 635. The molecule has 1 aromatic heterocycles. The largest absolute Gasteiger partial charge is 0.351 e. The van der Waals surface area contributed by atoms with Crippen molar-refractivity contribution in [3.8, 4) is 0 Å². The summed E-state index contributed by atoms with van der Waals surface area (Å²) >= 11 is 1.43. The van der Waals surface area contributed by atoms with Gasteiger partial charge in [-0.1, -0.05) is 23.9 Å². The number of para-hydroxylation sites is 2. The summed E-state index contributed by atoms with van der Waals surface area (Å²) in [4.78, 5) is 20.9. The maximum Gasteiger partial charge on any atom is 0.230 e. The van der Waals surface area contributed by atoms with E-state index in [1.165, 1.54) is 11.8 Å². The van der Waals surface area contributed by atoms with E-state index in [2.05, 4.69) is 15.3 Å². The van der Waals surface area contributed by atoms with Crippen LogP contribution in [-0.2, 0) is 4.79 Å². The minimum absolute atomic E-state index is 0.0110. The third kappa shape index (κ3) is 3.93. The summed E-state index contributed by atoms with van der Waals surface area (Å²) in [5.74, 6) is 0.363. The number of nitrogens with one attached hydrogen (secondary N) is 1. The fourth-order valence-corrected chi connectivity index (χ4v) is 2.55. The minimum atomic E-state index is -0.207. The number of aryl methyl sites for hydroxylation is 1. The van der Waals surface area contributed by atoms with Gasteiger partial charge in [-0.15, -0.1) is 0 Å². The molecule has 0 radical (unpaired) electrons. The first-order valence-corrected chi connectivity index (χ1v) is 7.51. The molecule has 106 valence electrons. The Morgan fingerprint density at radius 1 is 1.20 bits per heavy atom. The van der Waals surface area contributed by atoms with Crippen LogP contribution in [0.5, 0.6) is 0 Å². The second-order valence-electron chi connectivity index (χ2n) is 5.69. The normalized spacial score (nSPS) is 11.6. The van der Waals surface area contributed by atoms with E-state index in [4.69, 9.17) is 0 Å². The van der Waals surface area contributed by atoms with Crippen molar-refractivity contribution in [3.05, 3.63) is 30.0 Å². The van der Waals surface area contributed by atoms with Crippen molar-refractivity contribution in [1.82, 2.24) is 15.3 Å². The van der Waals surface area contributed by atoms with Gasteiger partial charge in [-0.2, -0.15) is 0 Å². The topological polar surface area (TPSA) is 54.9 Å². The van der Waals surface area contributed by atoms with Crippen LogP contribution in [0.4, 0.5) is 0 Å². The highest BCUT2D eigenvalue weighted by Crippen LogP contribution is 2.21. The Morgan fingerprint density at radius 2 is 1.80 bits per heavy atom. The van der Waals surface area contributed by atoms with E-state index in [1.807, 2.05) is 52.0 Å². The van der Waals surface area contributed by atoms with Gasteiger partial charge in [0.15, 0.2) is 0 Å². The SMILES string of the molecule is Cc1nc2ccccc2nc1SCC(=O)NC(C)(C)C. The van der Waals surface area contributed by atoms with Crippen molar-refractivity contribution in [3.63, 3.8) is 0 Å². The monoisotopic (exact) mass is 289 g/mol. The molecule has 4 nitrogen and oxygen atoms in total. The predicted molar refractivity (Wildman–Crippen MR) is 82.9 cm³/mol. The van der Waals surface area contributed by atoms with E-state index in [1.54, 1.807) is 0 Å². The zero-order valence-electron chi connectivity index (χ0n) is 12.2. The molecule has 2 aromatic rings. The van der Waals surface area contributed by atoms with Gasteiger partial charge in [0.25, 0.3) is 0 Å². The van der Waals surface area contributed by atoms with Crippen LogP contribution in [-0.4, -0.2) is 27.2 Å². The van der Waals surface area contributed by atoms with E-state index < -0.39 is 0 Å². The number of nitrogens with zero attached hydrogens (tertiary/aromatic N) is 2. The van der Waals surface area contributed by atoms with E-state index >= 15 is 0 Å². The quantitative estimate of drug-likeness (QED) is 0.883. The molecule has 0 aliphatic rings. The summed E-state index contributed by atoms with van der Waals surface area (Å²) in [6, 6.07) is 7.75. The average molecular weight is 289 g/mol. The van der Waals surface area contributed by atoms with Crippen LogP contribution >= 0.6 is 11.8 Å². The molecule has 0 bridgehead atoms. The molecule has 5 heteroatoms. The van der Waals surface area contributed by atoms with Crippen LogP contribution in [0.2, 0.25) is 0 Å². The van der Waals surface area contributed by atoms with E-state index in [0.29, 0.717) is 5.75 Å². The molecule has 0 saturated heterocycles. The molecule has 0 unspecified atom stereocenters. The summed E-state index contributed by atoms with van der Waals surface area (Å²) in [6.45, 7) is 7.83. The summed E-state index contributed by atoms with van der Waals surface area (Å²) in [5.41, 5.74) is 2.39. The predicted octanol–water partition coefficient (Wildman–Crippen LogP) is 2.95. The lowest BCUT2D eigenvalue weighted by atomic mass is 10.1. The number of thioether (sulfide) groups is 1. The highest BCUT2D eigenvalue weighted by Gasteiger charge is 2.15. The van der Waals surface area contributed by atoms with Crippen LogP contribution in [0.15, 0.2) is 29.3 Å². The van der Waals surface area contributed by atoms with Crippen molar-refractivity contribution in [2.45, 2.75) is 38.3 Å². The van der Waals surface area contributed by atoms with Crippen molar-refractivity contribution < 1.29 is 4.79 Å². The molecule has 0 aliphatic carbocycles. The molecule has 0 fully saturated rings. The number of carbonyl (C=O) groups excluding carboxylic acids is 1. The fraction of sp³-hybridized carbons (Fsp3) is 0.400. The van der Waals surface area contributed by atoms with Gasteiger partial charge < -0.3 is 5.32 Å². The molecule has 0 aliphatic heterocycles. The van der Waals surface area contributed by atoms with Gasteiger partial charge in [-0.05, 0) is 39.8 Å². The summed E-state index contributed by atoms with van der Waals surface area (Å²) < 4.78 is 0. The van der Waals surface area contributed by atoms with Crippen molar-refractivity contribution in [2.75, 3.05) is 5.75 Å². The Kier molecular flexibility index (Phi) is 4.28. The summed E-state index contributed by atoms with van der Waals surface area (Å²) in [5, 5.41) is 3.75. The van der Waals surface area contributed by atoms with Crippen molar-refractivity contribution in [1.29, 1.82) is 0 Å². The van der Waals surface area contributed by atoms with E-state index in [9.17, 15) is 4.79 Å². The standard InChI is InChI=1S/C15H19N3OS/c1-10-14(20-9-13(19)18-15(2,3)4)17-12-8-6-5-7-11(12)16-10/h5-8H,9H2,1-4H3,(H,18,19). The Labute approximate surface area is 123 Å². The fourth-order valence-electron chi connectivity index (χ4n) is 1.80. The summed E-state index contributed by atoms with van der Waals surface area (Å²) in [6.07, 6.45) is 0. The van der Waals surface area contributed by atoms with Crippen LogP contribution in [0.3, 0.4) is 0 Å². The summed E-state index contributed by atoms with van der Waals surface area (Å²) in [7, 11) is 0. The highest BCUT2D eigenvalue weighted by atomic mass is 32.2. The zero-order chi connectivity index (χ0) is 14.8. The van der Waals surface area contributed by atoms with Crippen LogP contribution in [0.1, 0.15) is 26.5 Å². The first kappa shape index (κ1) is 14.8. The number of fused-ring (bicyclic) bond motifs is 1. The molecule has 1 heterocycles. The number of hydrogen-bond donors (Lipinski definition) is 1. The number of rotatable bonds is 3. The van der Waals surface area contributed by atoms with Gasteiger partial charge in [0.2, 0.25) is 5.91 Å². The van der Waals surface area contributed by atoms with Crippen molar-refractivity contribution >= 4 is 28.7 Å². The molecule has 2 rings (SSSR count). The van der Waals surface area contributed by atoms with Gasteiger partial charge >= 0.3 is 0 Å². The first-order valence-electron chi connectivity index (χ1n) is 6.52. The van der Waals surface area contributed by atoms with E-state index in [0.717, 1.165) is 21.8 Å². The van der Waals surface area contributed by atoms with Gasteiger partial charge in [-0.25, -0.2) is 9.97 Å². The molecule has 0 spiro atoms. The number of amides is 1. The Hall–Kier alpha value is -1.62. The lowest BCUT2D eigenvalue weighted by Crippen LogP contribution is -2.41. The molecular weight excluding hydrogens is 270 g/mol. The van der Waals surface area contributed by atoms with Crippen LogP contribution in [0.25, 0.3) is 11.0 Å². The maximum absolute atomic E-state index is 11.8. The number of benzene rings is 1. The molecule has 1 N–H and O–H groups in total. The maximum atomic E-state index is 11.8. The van der Waals surface area contributed by atoms with Gasteiger partial charge in [0.05, 0.1) is 22.5 Å². The van der Waals surface area contributed by atoms with Gasteiger partial charge in [0.1, 0.15) is 5.03 Å². The zero-order valence-corrected chi connectivity index (χ0v) is 13.0. The molecule has 1 aromatic carbocycles. The Balaban J connectivity index is 2.10. The van der Waals surface area contributed by atoms with Crippen LogP contribution < -0.4 is 5.32 Å². The smallest absolute Gasteiger partial charge is 0.230 e. The second-order valence-corrected chi connectivity index (χ2v) is 6.65. The molecular formula is C15H19N3OS. The highest BCUT2D eigenvalue weighted by molar-refractivity contribution is 7.99. The molecule has 0 atom stereocenters. The second kappa shape index (κ2) is 5.79. The van der Waals surface area contributed by atoms with Crippen molar-refractivity contribution in [2.24, 2.45) is 0 Å². The third-order valence-electron chi connectivity index (χ3n) is 2.56. The average Bonchev–Trinajstić information content (AvgIpc) is 2.34. The molecule has 0 saturated carbocycles. The van der Waals surface area contributed by atoms with Crippen LogP contribution in [0, 0.1) is 6.92 Å². The minimum Gasteiger partial charge on any atom is -0.351 e. The Morgan fingerprint density at radius 3 is 2.40 bits per heavy atom. The first-order chi connectivity index (χ1) is 9.35. The number of carbonyl (C=O) groups is 1. The lowest BCUT2D eigenvalue weighted by molar-refractivity contribution is -0.119. The third-order valence-corrected chi connectivity index (χ3v) is 3.62. The lowest BCUT2D eigenvalue weighted by Gasteiger charge is -2.20. The molecule has 1 amide bonds. The molecule has 20 heavy (non-hydrogen) atoms. The van der Waals surface area contributed by atoms with E-state index in [-0.39, 0.29) is 11.4 Å². The number of aromatic nitrogens is 2. The van der Waals surface area contributed by atoms with Gasteiger partial charge in [-0.3, -0.25) is 4.79 Å².